The summed E-state index contributed by atoms with van der Waals surface area (Å²) in [6.45, 7) is 5.81. The molecule has 0 spiro atoms. The molecule has 116 valence electrons. The van der Waals surface area contributed by atoms with Crippen LogP contribution in [0.1, 0.15) is 63.1 Å². The van der Waals surface area contributed by atoms with Gasteiger partial charge in [0.2, 0.25) is 5.89 Å². The van der Waals surface area contributed by atoms with E-state index in [2.05, 4.69) is 28.9 Å². The molecule has 6 heteroatoms. The lowest BCUT2D eigenvalue weighted by Gasteiger charge is -2.44. The van der Waals surface area contributed by atoms with E-state index in [0.29, 0.717) is 18.5 Å². The first kappa shape index (κ1) is 14.5. The molecular weight excluding hydrogens is 270 g/mol. The molecule has 1 N–H and O–H groups in total. The van der Waals surface area contributed by atoms with Gasteiger partial charge in [0.1, 0.15) is 0 Å². The molecule has 3 rings (SSSR count). The van der Waals surface area contributed by atoms with Gasteiger partial charge in [0.25, 0.3) is 0 Å². The summed E-state index contributed by atoms with van der Waals surface area (Å²) in [5.41, 5.74) is 0. The zero-order valence-corrected chi connectivity index (χ0v) is 12.7. The molecule has 0 radical (unpaired) electrons. The van der Waals surface area contributed by atoms with Crippen LogP contribution >= 0.6 is 0 Å². The second-order valence-corrected chi connectivity index (χ2v) is 6.64. The lowest BCUT2D eigenvalue weighted by Crippen LogP contribution is -2.49. The first-order valence-corrected chi connectivity index (χ1v) is 7.85. The molecule has 0 bridgehead atoms. The second kappa shape index (κ2) is 5.75. The topological polar surface area (TPSA) is 79.5 Å². The Labute approximate surface area is 124 Å². The third kappa shape index (κ3) is 2.95. The molecular formula is C15H23N3O3. The molecule has 1 aromatic heterocycles. The van der Waals surface area contributed by atoms with Crippen LogP contribution in [-0.2, 0) is 4.79 Å². The highest BCUT2D eigenvalue weighted by Crippen LogP contribution is 2.40. The molecule has 1 saturated heterocycles. The molecule has 1 unspecified atom stereocenters. The van der Waals surface area contributed by atoms with Crippen molar-refractivity contribution in [1.29, 1.82) is 0 Å². The van der Waals surface area contributed by atoms with E-state index in [-0.39, 0.29) is 11.8 Å². The van der Waals surface area contributed by atoms with Gasteiger partial charge in [-0.1, -0.05) is 19.0 Å². The summed E-state index contributed by atoms with van der Waals surface area (Å²) in [5, 5.41) is 13.2. The molecule has 0 aromatic carbocycles. The first-order valence-electron chi connectivity index (χ1n) is 7.85. The van der Waals surface area contributed by atoms with Crippen molar-refractivity contribution in [3.8, 4) is 0 Å². The van der Waals surface area contributed by atoms with Gasteiger partial charge in [-0.05, 0) is 32.2 Å². The van der Waals surface area contributed by atoms with Gasteiger partial charge >= 0.3 is 5.97 Å². The van der Waals surface area contributed by atoms with Crippen molar-refractivity contribution in [2.24, 2.45) is 5.92 Å². The van der Waals surface area contributed by atoms with Crippen molar-refractivity contribution >= 4 is 5.97 Å². The molecule has 2 fully saturated rings. The van der Waals surface area contributed by atoms with Crippen molar-refractivity contribution < 1.29 is 14.4 Å². The molecule has 2 heterocycles. The maximum atomic E-state index is 11.1. The number of aliphatic carboxylic acids is 1. The smallest absolute Gasteiger partial charge is 0.307 e. The number of carboxylic acids is 1. The van der Waals surface area contributed by atoms with Crippen molar-refractivity contribution in [2.45, 2.75) is 57.4 Å². The molecule has 1 aliphatic heterocycles. The fourth-order valence-corrected chi connectivity index (χ4v) is 3.27. The van der Waals surface area contributed by atoms with Crippen molar-refractivity contribution in [1.82, 2.24) is 15.0 Å². The third-order valence-corrected chi connectivity index (χ3v) is 4.75. The van der Waals surface area contributed by atoms with E-state index in [1.54, 1.807) is 0 Å². The molecule has 0 amide bonds. The highest BCUT2D eigenvalue weighted by Gasteiger charge is 2.40. The van der Waals surface area contributed by atoms with E-state index in [1.165, 1.54) is 0 Å². The van der Waals surface area contributed by atoms with E-state index >= 15 is 0 Å². The quantitative estimate of drug-likeness (QED) is 0.917. The second-order valence-electron chi connectivity index (χ2n) is 6.64. The number of aromatic nitrogens is 2. The van der Waals surface area contributed by atoms with Gasteiger partial charge in [-0.3, -0.25) is 9.69 Å². The van der Waals surface area contributed by atoms with Crippen molar-refractivity contribution in [3.05, 3.63) is 11.7 Å². The fraction of sp³-hybridized carbons (Fsp3) is 0.800. The normalized spacial score (nSPS) is 30.3. The number of carboxylic acid groups (broad SMARTS) is 1. The Kier molecular flexibility index (Phi) is 3.97. The van der Waals surface area contributed by atoms with E-state index < -0.39 is 5.97 Å². The Bertz CT molecular complexity index is 508. The minimum absolute atomic E-state index is 0.200. The van der Waals surface area contributed by atoms with Crippen molar-refractivity contribution in [3.63, 3.8) is 0 Å². The Balaban J connectivity index is 1.54. The predicted octanol–water partition coefficient (Wildman–Crippen LogP) is 2.24. The van der Waals surface area contributed by atoms with Crippen LogP contribution in [0.15, 0.2) is 4.52 Å². The van der Waals surface area contributed by atoms with Crippen LogP contribution in [0.25, 0.3) is 0 Å². The highest BCUT2D eigenvalue weighted by atomic mass is 16.5. The van der Waals surface area contributed by atoms with Crippen LogP contribution in [0, 0.1) is 5.92 Å². The number of rotatable bonds is 4. The van der Waals surface area contributed by atoms with Crippen LogP contribution in [0.5, 0.6) is 0 Å². The summed E-state index contributed by atoms with van der Waals surface area (Å²) in [4.78, 5) is 17.9. The van der Waals surface area contributed by atoms with Crippen LogP contribution in [0.4, 0.5) is 0 Å². The number of hydrogen-bond donors (Lipinski definition) is 1. The van der Waals surface area contributed by atoms with E-state index in [4.69, 9.17) is 9.63 Å². The minimum Gasteiger partial charge on any atom is -0.481 e. The molecule has 21 heavy (non-hydrogen) atoms. The van der Waals surface area contributed by atoms with Crippen molar-refractivity contribution in [2.75, 3.05) is 13.1 Å². The maximum absolute atomic E-state index is 11.1. The Morgan fingerprint density at radius 1 is 1.43 bits per heavy atom. The van der Waals surface area contributed by atoms with E-state index in [0.717, 1.165) is 43.9 Å². The lowest BCUT2D eigenvalue weighted by molar-refractivity contribution is -0.144. The molecule has 6 nitrogen and oxygen atoms in total. The summed E-state index contributed by atoms with van der Waals surface area (Å²) < 4.78 is 5.35. The average Bonchev–Trinajstić information content (AvgIpc) is 2.87. The Morgan fingerprint density at radius 2 is 2.19 bits per heavy atom. The van der Waals surface area contributed by atoms with Crippen LogP contribution in [-0.4, -0.2) is 45.2 Å². The summed E-state index contributed by atoms with van der Waals surface area (Å²) in [7, 11) is 0. The SMILES string of the molecule is CC(C)c1noc(C2CC(N3CCCC(C(=O)O)C3)C2)n1. The zero-order chi connectivity index (χ0) is 15.0. The zero-order valence-electron chi connectivity index (χ0n) is 12.7. The van der Waals surface area contributed by atoms with Crippen LogP contribution < -0.4 is 0 Å². The number of carbonyl (C=O) groups is 1. The van der Waals surface area contributed by atoms with Gasteiger partial charge in [-0.25, -0.2) is 0 Å². The Morgan fingerprint density at radius 3 is 2.81 bits per heavy atom. The van der Waals surface area contributed by atoms with E-state index in [9.17, 15) is 4.79 Å². The summed E-state index contributed by atoms with van der Waals surface area (Å²) in [6, 6.07) is 0.478. The third-order valence-electron chi connectivity index (χ3n) is 4.75. The summed E-state index contributed by atoms with van der Waals surface area (Å²) in [6.07, 6.45) is 3.80. The molecule has 1 aromatic rings. The van der Waals surface area contributed by atoms with Gasteiger partial charge in [0.15, 0.2) is 5.82 Å². The predicted molar refractivity (Wildman–Crippen MR) is 76.1 cm³/mol. The van der Waals surface area contributed by atoms with Gasteiger partial charge in [-0.2, -0.15) is 4.98 Å². The lowest BCUT2D eigenvalue weighted by atomic mass is 9.78. The van der Waals surface area contributed by atoms with Gasteiger partial charge < -0.3 is 9.63 Å². The maximum Gasteiger partial charge on any atom is 0.307 e. The minimum atomic E-state index is -0.658. The van der Waals surface area contributed by atoms with E-state index in [1.807, 2.05) is 0 Å². The highest BCUT2D eigenvalue weighted by molar-refractivity contribution is 5.70. The Hall–Kier alpha value is -1.43. The number of nitrogens with zero attached hydrogens (tertiary/aromatic N) is 3. The van der Waals surface area contributed by atoms with Gasteiger partial charge in [-0.15, -0.1) is 0 Å². The molecule has 2 aliphatic rings. The van der Waals surface area contributed by atoms with Crippen LogP contribution in [0.2, 0.25) is 0 Å². The number of hydrogen-bond acceptors (Lipinski definition) is 5. The fourth-order valence-electron chi connectivity index (χ4n) is 3.27. The summed E-state index contributed by atoms with van der Waals surface area (Å²) >= 11 is 0. The van der Waals surface area contributed by atoms with Gasteiger partial charge in [0, 0.05) is 24.4 Å². The number of likely N-dealkylation sites (tertiary alicyclic amines) is 1. The standard InChI is InChI=1S/C15H23N3O3/c1-9(2)13-16-14(21-17-13)11-6-12(7-11)18-5-3-4-10(8-18)15(19)20/h9-12H,3-8H2,1-2H3,(H,19,20). The largest absolute Gasteiger partial charge is 0.481 e. The monoisotopic (exact) mass is 293 g/mol. The van der Waals surface area contributed by atoms with Crippen LogP contribution in [0.3, 0.4) is 0 Å². The number of piperidine rings is 1. The average molecular weight is 293 g/mol. The first-order chi connectivity index (χ1) is 10.0. The molecule has 1 saturated carbocycles. The summed E-state index contributed by atoms with van der Waals surface area (Å²) in [5.74, 6) is 1.30. The molecule has 1 aliphatic carbocycles. The van der Waals surface area contributed by atoms with Gasteiger partial charge in [0.05, 0.1) is 5.92 Å². The molecule has 1 atom stereocenters.